The van der Waals surface area contributed by atoms with E-state index in [1.807, 2.05) is 0 Å². The minimum absolute atomic E-state index is 0.0282. The van der Waals surface area contributed by atoms with Gasteiger partial charge in [-0.25, -0.2) is 14.2 Å². The summed E-state index contributed by atoms with van der Waals surface area (Å²) in [7, 11) is 1.32. The Morgan fingerprint density at radius 2 is 2.04 bits per heavy atom. The molecule has 0 unspecified atom stereocenters. The third-order valence-corrected chi connectivity index (χ3v) is 3.88. The van der Waals surface area contributed by atoms with Gasteiger partial charge < -0.3 is 9.47 Å². The van der Waals surface area contributed by atoms with Gasteiger partial charge >= 0.3 is 5.97 Å². The zero-order valence-corrected chi connectivity index (χ0v) is 13.4. The van der Waals surface area contributed by atoms with Crippen LogP contribution in [0.1, 0.15) is 18.5 Å². The molecule has 23 heavy (non-hydrogen) atoms. The summed E-state index contributed by atoms with van der Waals surface area (Å²) in [4.78, 5) is 20.3. The maximum absolute atomic E-state index is 13.6. The number of hydrogen-bond donors (Lipinski definition) is 0. The Kier molecular flexibility index (Phi) is 3.93. The zero-order chi connectivity index (χ0) is 16.6. The lowest BCUT2D eigenvalue weighted by molar-refractivity contribution is -0.151. The summed E-state index contributed by atoms with van der Waals surface area (Å²) in [5, 5.41) is 0.0282. The van der Waals surface area contributed by atoms with Gasteiger partial charge in [0, 0.05) is 30.2 Å². The highest BCUT2D eigenvalue weighted by Gasteiger charge is 2.54. The second-order valence-electron chi connectivity index (χ2n) is 5.39. The van der Waals surface area contributed by atoms with Gasteiger partial charge in [-0.2, -0.15) is 4.98 Å². The van der Waals surface area contributed by atoms with E-state index in [1.165, 1.54) is 19.2 Å². The molecule has 3 rings (SSSR count). The van der Waals surface area contributed by atoms with Crippen molar-refractivity contribution in [1.82, 2.24) is 9.97 Å². The molecule has 1 aromatic carbocycles. The van der Waals surface area contributed by atoms with Gasteiger partial charge in [0.25, 0.3) is 0 Å². The Morgan fingerprint density at radius 1 is 1.30 bits per heavy atom. The molecule has 7 heteroatoms. The molecular formula is C16H14ClFN2O3. The molecule has 1 aromatic heterocycles. The van der Waals surface area contributed by atoms with E-state index in [4.69, 9.17) is 21.1 Å². The first-order valence-corrected chi connectivity index (χ1v) is 7.40. The number of hydrogen-bond acceptors (Lipinski definition) is 5. The zero-order valence-electron chi connectivity index (χ0n) is 12.6. The highest BCUT2D eigenvalue weighted by atomic mass is 35.5. The first-order valence-electron chi connectivity index (χ1n) is 7.02. The van der Waals surface area contributed by atoms with Gasteiger partial charge in [0.15, 0.2) is 5.82 Å². The summed E-state index contributed by atoms with van der Waals surface area (Å²) in [6, 6.07) is 5.94. The Morgan fingerprint density at radius 3 is 2.65 bits per heavy atom. The van der Waals surface area contributed by atoms with Crippen LogP contribution in [-0.2, 0) is 9.53 Å². The van der Waals surface area contributed by atoms with Crippen LogP contribution in [0.5, 0.6) is 5.88 Å². The van der Waals surface area contributed by atoms with Crippen molar-refractivity contribution < 1.29 is 18.7 Å². The quantitative estimate of drug-likeness (QED) is 0.801. The minimum atomic E-state index is -0.960. The fourth-order valence-corrected chi connectivity index (χ4v) is 2.32. The van der Waals surface area contributed by atoms with E-state index >= 15 is 0 Å². The normalized spacial score (nSPS) is 15.1. The highest BCUT2D eigenvalue weighted by molar-refractivity contribution is 6.30. The number of methoxy groups -OCH3 is 1. The van der Waals surface area contributed by atoms with Crippen LogP contribution in [0.3, 0.4) is 0 Å². The van der Waals surface area contributed by atoms with Gasteiger partial charge in [0.2, 0.25) is 11.5 Å². The summed E-state index contributed by atoms with van der Waals surface area (Å²) in [6.45, 7) is 1.77. The van der Waals surface area contributed by atoms with Crippen LogP contribution in [0.25, 0.3) is 11.4 Å². The molecule has 0 saturated heterocycles. The van der Waals surface area contributed by atoms with Crippen molar-refractivity contribution >= 4 is 17.6 Å². The van der Waals surface area contributed by atoms with Gasteiger partial charge in [-0.3, -0.25) is 0 Å². The standard InChI is InChI=1S/C16H14ClFN2O3/c1-9-7-13(23-16(5-6-16)15(21)22-2)20-14(19-9)10-3-4-11(17)12(18)8-10/h3-4,7-8H,5-6H2,1-2H3. The molecule has 1 saturated carbocycles. The monoisotopic (exact) mass is 336 g/mol. The van der Waals surface area contributed by atoms with E-state index < -0.39 is 17.4 Å². The predicted molar refractivity (Wildman–Crippen MR) is 81.8 cm³/mol. The summed E-state index contributed by atoms with van der Waals surface area (Å²) in [6.07, 6.45) is 1.15. The van der Waals surface area contributed by atoms with Gasteiger partial charge in [-0.05, 0) is 25.1 Å². The molecule has 1 aliphatic rings. The molecule has 0 aliphatic heterocycles. The van der Waals surface area contributed by atoms with Gasteiger partial charge in [-0.1, -0.05) is 11.6 Å². The van der Waals surface area contributed by atoms with Crippen LogP contribution >= 0.6 is 11.6 Å². The fourth-order valence-electron chi connectivity index (χ4n) is 2.20. The molecule has 0 bridgehead atoms. The number of ether oxygens (including phenoxy) is 2. The van der Waals surface area contributed by atoms with Crippen molar-refractivity contribution in [3.8, 4) is 17.3 Å². The third-order valence-electron chi connectivity index (χ3n) is 3.57. The molecule has 1 aliphatic carbocycles. The molecular weight excluding hydrogens is 323 g/mol. The molecule has 0 atom stereocenters. The molecule has 5 nitrogen and oxygen atoms in total. The molecule has 0 N–H and O–H groups in total. The molecule has 1 fully saturated rings. The number of benzene rings is 1. The number of carbonyl (C=O) groups is 1. The first-order chi connectivity index (χ1) is 10.9. The van der Waals surface area contributed by atoms with Crippen molar-refractivity contribution in [3.05, 3.63) is 40.8 Å². The molecule has 120 valence electrons. The SMILES string of the molecule is COC(=O)C1(Oc2cc(C)nc(-c3ccc(Cl)c(F)c3)n2)CC1. The smallest absolute Gasteiger partial charge is 0.350 e. The van der Waals surface area contributed by atoms with Gasteiger partial charge in [0.05, 0.1) is 12.1 Å². The number of esters is 1. The number of carbonyl (C=O) groups excluding carboxylic acids is 1. The van der Waals surface area contributed by atoms with E-state index in [1.54, 1.807) is 19.1 Å². The topological polar surface area (TPSA) is 61.3 Å². The molecule has 0 radical (unpaired) electrons. The van der Waals surface area contributed by atoms with E-state index in [0.29, 0.717) is 29.9 Å². The summed E-state index contributed by atoms with van der Waals surface area (Å²) in [5.74, 6) is -0.417. The van der Waals surface area contributed by atoms with E-state index in [2.05, 4.69) is 9.97 Å². The van der Waals surface area contributed by atoms with E-state index in [0.717, 1.165) is 0 Å². The molecule has 2 aromatic rings. The Bertz CT molecular complexity index is 778. The van der Waals surface area contributed by atoms with Crippen LogP contribution in [-0.4, -0.2) is 28.6 Å². The first kappa shape index (κ1) is 15.7. The van der Waals surface area contributed by atoms with Crippen LogP contribution in [0.4, 0.5) is 4.39 Å². The predicted octanol–water partition coefficient (Wildman–Crippen LogP) is 3.33. The van der Waals surface area contributed by atoms with Crippen LogP contribution in [0, 0.1) is 12.7 Å². The van der Waals surface area contributed by atoms with Crippen molar-refractivity contribution in [2.75, 3.05) is 7.11 Å². The maximum atomic E-state index is 13.6. The Labute approximate surface area is 137 Å². The summed E-state index contributed by atoms with van der Waals surface area (Å²) < 4.78 is 24.1. The van der Waals surface area contributed by atoms with E-state index in [9.17, 15) is 9.18 Å². The van der Waals surface area contributed by atoms with Crippen molar-refractivity contribution in [2.45, 2.75) is 25.4 Å². The number of aromatic nitrogens is 2. The largest absolute Gasteiger partial charge is 0.466 e. The average Bonchev–Trinajstić information content (AvgIpc) is 3.29. The number of aryl methyl sites for hydroxylation is 1. The van der Waals surface area contributed by atoms with Crippen molar-refractivity contribution in [2.24, 2.45) is 0 Å². The van der Waals surface area contributed by atoms with Crippen LogP contribution < -0.4 is 4.74 Å². The minimum Gasteiger partial charge on any atom is -0.466 e. The van der Waals surface area contributed by atoms with Gasteiger partial charge in [-0.15, -0.1) is 0 Å². The molecule has 0 spiro atoms. The Hall–Kier alpha value is -2.21. The third kappa shape index (κ3) is 3.12. The number of rotatable bonds is 4. The lowest BCUT2D eigenvalue weighted by Gasteiger charge is -2.15. The lowest BCUT2D eigenvalue weighted by Crippen LogP contribution is -2.31. The second kappa shape index (κ2) is 5.77. The van der Waals surface area contributed by atoms with Crippen LogP contribution in [0.2, 0.25) is 5.02 Å². The number of halogens is 2. The van der Waals surface area contributed by atoms with Crippen LogP contribution in [0.15, 0.2) is 24.3 Å². The fraction of sp³-hybridized carbons (Fsp3) is 0.312. The van der Waals surface area contributed by atoms with Crippen molar-refractivity contribution in [1.29, 1.82) is 0 Å². The maximum Gasteiger partial charge on any atom is 0.350 e. The number of nitrogens with zero attached hydrogens (tertiary/aromatic N) is 2. The molecule has 0 amide bonds. The summed E-state index contributed by atoms with van der Waals surface area (Å²) >= 11 is 5.68. The van der Waals surface area contributed by atoms with Gasteiger partial charge in [0.1, 0.15) is 5.82 Å². The lowest BCUT2D eigenvalue weighted by atomic mass is 10.2. The van der Waals surface area contributed by atoms with E-state index in [-0.39, 0.29) is 10.9 Å². The Balaban J connectivity index is 1.93. The average molecular weight is 337 g/mol. The highest BCUT2D eigenvalue weighted by Crippen LogP contribution is 2.41. The summed E-state index contributed by atoms with van der Waals surface area (Å²) in [5.41, 5.74) is 0.155. The second-order valence-corrected chi connectivity index (χ2v) is 5.80. The molecule has 1 heterocycles. The van der Waals surface area contributed by atoms with Crippen molar-refractivity contribution in [3.63, 3.8) is 0 Å².